The molecule has 1 unspecified atom stereocenters. The lowest BCUT2D eigenvalue weighted by molar-refractivity contribution is -0.137. The first-order valence-electron chi connectivity index (χ1n) is 11.7. The van der Waals surface area contributed by atoms with Crippen LogP contribution in [0.3, 0.4) is 0 Å². The first-order valence-corrected chi connectivity index (χ1v) is 13.4. The maximum Gasteiger partial charge on any atom is 0.243 e. The number of hydrogen-bond donors (Lipinski definition) is 3. The molecule has 3 rings (SSSR count). The summed E-state index contributed by atoms with van der Waals surface area (Å²) >= 11 is 0. The number of benzene rings is 1. The van der Waals surface area contributed by atoms with Crippen LogP contribution in [-0.2, 0) is 41.8 Å². The van der Waals surface area contributed by atoms with E-state index in [1.54, 1.807) is 24.3 Å². The number of carbonyl (C=O) groups excluding carboxylic acids is 3. The number of nitrogens with one attached hydrogen (secondary N) is 2. The zero-order valence-electron chi connectivity index (χ0n) is 20.5. The van der Waals surface area contributed by atoms with E-state index in [1.807, 2.05) is 6.07 Å². The van der Waals surface area contributed by atoms with Gasteiger partial charge in [0.05, 0.1) is 31.2 Å². The van der Waals surface area contributed by atoms with Gasteiger partial charge in [-0.15, -0.1) is 0 Å². The van der Waals surface area contributed by atoms with Gasteiger partial charge in [-0.3, -0.25) is 14.4 Å². The highest BCUT2D eigenvalue weighted by Gasteiger charge is 2.46. The van der Waals surface area contributed by atoms with E-state index in [0.29, 0.717) is 32.0 Å². The minimum absolute atomic E-state index is 0.0763. The lowest BCUT2D eigenvalue weighted by Crippen LogP contribution is -2.55. The van der Waals surface area contributed by atoms with Crippen LogP contribution in [0.5, 0.6) is 0 Å². The molecule has 196 valence electrons. The van der Waals surface area contributed by atoms with Gasteiger partial charge >= 0.3 is 0 Å². The predicted molar refractivity (Wildman–Crippen MR) is 132 cm³/mol. The average Bonchev–Trinajstić information content (AvgIpc) is 3.36. The summed E-state index contributed by atoms with van der Waals surface area (Å²) in [6, 6.07) is 7.89. The molecule has 0 saturated carbocycles. The quantitative estimate of drug-likeness (QED) is 0.371. The molecule has 1 aromatic heterocycles. The molecule has 2 atom stereocenters. The van der Waals surface area contributed by atoms with Crippen LogP contribution in [0.1, 0.15) is 25.1 Å². The third kappa shape index (κ3) is 6.70. The van der Waals surface area contributed by atoms with Gasteiger partial charge in [0.2, 0.25) is 17.7 Å². The fourth-order valence-corrected chi connectivity index (χ4v) is 5.62. The molecule has 0 radical (unpaired) electrons. The van der Waals surface area contributed by atoms with E-state index >= 15 is 0 Å². The first-order chi connectivity index (χ1) is 17.0. The van der Waals surface area contributed by atoms with Gasteiger partial charge in [0.25, 0.3) is 0 Å². The topological polar surface area (TPSA) is 165 Å². The van der Waals surface area contributed by atoms with E-state index in [1.165, 1.54) is 31.3 Å². The number of carbonyl (C=O) groups is 3. The largest absolute Gasteiger partial charge is 0.378 e. The Bertz CT molecular complexity index is 1140. The van der Waals surface area contributed by atoms with E-state index in [9.17, 15) is 22.8 Å². The normalized spacial score (nSPS) is 16.2. The van der Waals surface area contributed by atoms with Gasteiger partial charge in [0, 0.05) is 31.4 Å². The number of hydrogen-bond acceptors (Lipinski definition) is 7. The summed E-state index contributed by atoms with van der Waals surface area (Å²) < 4.78 is 30.6. The number of aromatic amines is 1. The fourth-order valence-electron chi connectivity index (χ4n) is 4.01. The summed E-state index contributed by atoms with van der Waals surface area (Å²) in [5.41, 5.74) is 6.84. The highest BCUT2D eigenvalue weighted by molar-refractivity contribution is 7.93. The monoisotopic (exact) mass is 519 g/mol. The molecular weight excluding hydrogens is 486 g/mol. The molecular formula is C24H33N5O6S. The summed E-state index contributed by atoms with van der Waals surface area (Å²) in [6.45, 7) is 4.01. The van der Waals surface area contributed by atoms with Crippen molar-refractivity contribution >= 4 is 27.6 Å². The molecule has 2 aromatic rings. The molecule has 1 aliphatic heterocycles. The van der Waals surface area contributed by atoms with Gasteiger partial charge in [0.15, 0.2) is 9.84 Å². The number of ether oxygens (including phenoxy) is 1. The van der Waals surface area contributed by atoms with Crippen LogP contribution in [0.4, 0.5) is 0 Å². The second-order valence-electron chi connectivity index (χ2n) is 9.33. The molecule has 2 heterocycles. The number of imidazole rings is 1. The number of morpholine rings is 1. The molecule has 0 spiro atoms. The van der Waals surface area contributed by atoms with Crippen LogP contribution in [-0.4, -0.2) is 83.9 Å². The van der Waals surface area contributed by atoms with E-state index in [-0.39, 0.29) is 12.8 Å². The smallest absolute Gasteiger partial charge is 0.243 e. The fraction of sp³-hybridized carbons (Fsp3) is 0.500. The number of aromatic nitrogens is 2. The van der Waals surface area contributed by atoms with Crippen molar-refractivity contribution in [1.82, 2.24) is 20.2 Å². The zero-order chi connectivity index (χ0) is 26.3. The number of amides is 3. The maximum atomic E-state index is 13.6. The second-order valence-corrected chi connectivity index (χ2v) is 11.9. The Morgan fingerprint density at radius 2 is 1.83 bits per heavy atom. The van der Waals surface area contributed by atoms with Crippen molar-refractivity contribution in [3.05, 3.63) is 54.1 Å². The standard InChI is InChI=1S/C24H33N5O6S/c1-24(2,23(32)29-8-10-35-11-9-29)36(33,34)15-18(12-17-6-4-3-5-7-17)22(31)28-20(21(25)30)13-19-14-26-16-27-19/h3-7,14,16,18,20H,8-13,15H2,1-2H3,(H2,25,30)(H,26,27)(H,28,31)/t18-,20?/m1/s1. The highest BCUT2D eigenvalue weighted by Crippen LogP contribution is 2.25. The van der Waals surface area contributed by atoms with Crippen LogP contribution in [0, 0.1) is 5.92 Å². The summed E-state index contributed by atoms with van der Waals surface area (Å²) in [6.07, 6.45) is 3.12. The molecule has 1 fully saturated rings. The number of rotatable bonds is 11. The van der Waals surface area contributed by atoms with Crippen molar-refractivity contribution in [3.8, 4) is 0 Å². The Morgan fingerprint density at radius 3 is 2.42 bits per heavy atom. The summed E-state index contributed by atoms with van der Waals surface area (Å²) in [5, 5.41) is 2.60. The number of primary amides is 1. The molecule has 12 heteroatoms. The summed E-state index contributed by atoms with van der Waals surface area (Å²) in [4.78, 5) is 46.7. The molecule has 11 nitrogen and oxygen atoms in total. The van der Waals surface area contributed by atoms with Gasteiger partial charge < -0.3 is 25.7 Å². The molecule has 1 aliphatic rings. The van der Waals surface area contributed by atoms with Crippen molar-refractivity contribution in [3.63, 3.8) is 0 Å². The lowest BCUT2D eigenvalue weighted by atomic mass is 9.99. The van der Waals surface area contributed by atoms with Gasteiger partial charge in [-0.25, -0.2) is 13.4 Å². The van der Waals surface area contributed by atoms with Crippen molar-refractivity contribution < 1.29 is 27.5 Å². The van der Waals surface area contributed by atoms with E-state index in [2.05, 4.69) is 15.3 Å². The molecule has 1 aromatic carbocycles. The molecule has 0 bridgehead atoms. The van der Waals surface area contributed by atoms with Crippen LogP contribution < -0.4 is 11.1 Å². The van der Waals surface area contributed by atoms with Gasteiger partial charge in [-0.05, 0) is 25.8 Å². The van der Waals surface area contributed by atoms with E-state index < -0.39 is 50.0 Å². The Kier molecular flexibility index (Phi) is 8.85. The van der Waals surface area contributed by atoms with E-state index in [4.69, 9.17) is 10.5 Å². The van der Waals surface area contributed by atoms with Crippen LogP contribution in [0.2, 0.25) is 0 Å². The maximum absolute atomic E-state index is 13.6. The average molecular weight is 520 g/mol. The first kappa shape index (κ1) is 27.3. The number of nitrogens with zero attached hydrogens (tertiary/aromatic N) is 2. The summed E-state index contributed by atoms with van der Waals surface area (Å²) in [5.74, 6) is -3.56. The van der Waals surface area contributed by atoms with Crippen LogP contribution in [0.15, 0.2) is 42.9 Å². The van der Waals surface area contributed by atoms with Crippen molar-refractivity contribution in [2.45, 2.75) is 37.5 Å². The van der Waals surface area contributed by atoms with Gasteiger partial charge in [0.1, 0.15) is 10.8 Å². The number of nitrogens with two attached hydrogens (primary N) is 1. The summed E-state index contributed by atoms with van der Waals surface area (Å²) in [7, 11) is -4.10. The SMILES string of the molecule is CC(C)(C(=O)N1CCOCC1)S(=O)(=O)C[C@@H](Cc1ccccc1)C(=O)NC(Cc1cnc[nH]1)C(N)=O. The molecule has 1 saturated heterocycles. The third-order valence-electron chi connectivity index (χ3n) is 6.35. The highest BCUT2D eigenvalue weighted by atomic mass is 32.2. The van der Waals surface area contributed by atoms with Crippen LogP contribution in [0.25, 0.3) is 0 Å². The molecule has 4 N–H and O–H groups in total. The number of sulfone groups is 1. The predicted octanol–water partition coefficient (Wildman–Crippen LogP) is -0.167. The second kappa shape index (κ2) is 11.7. The molecule has 36 heavy (non-hydrogen) atoms. The lowest BCUT2D eigenvalue weighted by Gasteiger charge is -2.34. The van der Waals surface area contributed by atoms with Gasteiger partial charge in [-0.2, -0.15) is 0 Å². The minimum atomic E-state index is -4.10. The van der Waals surface area contributed by atoms with Crippen molar-refractivity contribution in [2.75, 3.05) is 32.1 Å². The third-order valence-corrected chi connectivity index (χ3v) is 8.92. The minimum Gasteiger partial charge on any atom is -0.378 e. The Hall–Kier alpha value is -3.25. The van der Waals surface area contributed by atoms with Crippen molar-refractivity contribution in [1.29, 1.82) is 0 Å². The molecule has 3 amide bonds. The zero-order valence-corrected chi connectivity index (χ0v) is 21.3. The van der Waals surface area contributed by atoms with Crippen molar-refractivity contribution in [2.24, 2.45) is 11.7 Å². The Balaban J connectivity index is 1.83. The van der Waals surface area contributed by atoms with Gasteiger partial charge in [-0.1, -0.05) is 30.3 Å². The van der Waals surface area contributed by atoms with Crippen LogP contribution >= 0.6 is 0 Å². The molecule has 0 aliphatic carbocycles. The number of H-pyrrole nitrogens is 1. The Labute approximate surface area is 210 Å². The Morgan fingerprint density at radius 1 is 1.17 bits per heavy atom. The van der Waals surface area contributed by atoms with E-state index in [0.717, 1.165) is 5.56 Å².